The number of cyclic esters (lactones) is 1. The SMILES string of the molecule is CCN(CC)c1ccc(N2CC=C[C@]34O[C@@H]5C=CCOC(=O)[C@@H]5[C@H]3C(=O)N(CCO)C4C2=O)cc1. The summed E-state index contributed by atoms with van der Waals surface area (Å²) in [6.45, 7) is 6.03. The first-order valence-electron chi connectivity index (χ1n) is 12.2. The van der Waals surface area contributed by atoms with Crippen LogP contribution in [-0.2, 0) is 23.9 Å². The van der Waals surface area contributed by atoms with Gasteiger partial charge in [0.2, 0.25) is 5.91 Å². The Bertz CT molecular complexity index is 1070. The number of aliphatic hydroxyl groups is 1. The number of anilines is 2. The highest BCUT2D eigenvalue weighted by Gasteiger charge is 2.71. The number of nitrogens with zero attached hydrogens (tertiary/aromatic N) is 3. The number of carbonyl (C=O) groups is 3. The maximum atomic E-state index is 14.1. The number of aliphatic hydroxyl groups excluding tert-OH is 1. The summed E-state index contributed by atoms with van der Waals surface area (Å²) >= 11 is 0. The average molecular weight is 482 g/mol. The van der Waals surface area contributed by atoms with Gasteiger partial charge in [0.1, 0.15) is 24.2 Å². The summed E-state index contributed by atoms with van der Waals surface area (Å²) in [6.07, 6.45) is 6.40. The quantitative estimate of drug-likeness (QED) is 0.480. The highest BCUT2D eigenvalue weighted by molar-refractivity contribution is 6.05. The van der Waals surface area contributed by atoms with Crippen LogP contribution in [0.3, 0.4) is 0 Å². The molecular weight excluding hydrogens is 450 g/mol. The van der Waals surface area contributed by atoms with Crippen molar-refractivity contribution in [3.63, 3.8) is 0 Å². The summed E-state index contributed by atoms with van der Waals surface area (Å²) in [5.74, 6) is -2.92. The van der Waals surface area contributed by atoms with Crippen molar-refractivity contribution in [1.82, 2.24) is 4.90 Å². The molecule has 4 heterocycles. The van der Waals surface area contributed by atoms with E-state index in [-0.39, 0.29) is 31.6 Å². The molecule has 1 aromatic rings. The van der Waals surface area contributed by atoms with E-state index < -0.39 is 35.6 Å². The number of benzene rings is 1. The van der Waals surface area contributed by atoms with Crippen LogP contribution in [-0.4, -0.2) is 84.9 Å². The Labute approximate surface area is 204 Å². The number of carbonyl (C=O) groups excluding carboxylic acids is 3. The van der Waals surface area contributed by atoms with Gasteiger partial charge in [-0.2, -0.15) is 0 Å². The first-order chi connectivity index (χ1) is 17.0. The molecule has 0 radical (unpaired) electrons. The Balaban J connectivity index is 1.54. The van der Waals surface area contributed by atoms with Gasteiger partial charge in [-0.25, -0.2) is 0 Å². The smallest absolute Gasteiger partial charge is 0.313 e. The minimum Gasteiger partial charge on any atom is -0.461 e. The van der Waals surface area contributed by atoms with Crippen LogP contribution in [0.1, 0.15) is 13.8 Å². The number of β-amino-alcohol motifs (C(OH)–C–C–N with tert-alkyl or cyclic N) is 1. The number of esters is 1. The van der Waals surface area contributed by atoms with E-state index in [0.29, 0.717) is 12.2 Å². The molecular formula is C26H31N3O6. The number of amides is 2. The van der Waals surface area contributed by atoms with Crippen molar-refractivity contribution in [2.45, 2.75) is 31.6 Å². The standard InChI is InChI=1S/C26H31N3O6/c1-3-27(4-2)17-8-10-18(11-9-17)28-13-6-12-26-21(20-19(35-26)7-5-16-34-25(20)33)23(31)29(14-15-30)22(26)24(28)32/h5-12,19-22,30H,3-4,13-16H2,1-2H3/t19-,20+,21+,22?,26+/m1/s1. The van der Waals surface area contributed by atoms with Crippen LogP contribution in [0.5, 0.6) is 0 Å². The lowest BCUT2D eigenvalue weighted by molar-refractivity contribution is -0.152. The van der Waals surface area contributed by atoms with E-state index in [1.807, 2.05) is 30.3 Å². The molecule has 35 heavy (non-hydrogen) atoms. The van der Waals surface area contributed by atoms with Crippen molar-refractivity contribution in [3.8, 4) is 0 Å². The molecule has 5 rings (SSSR count). The van der Waals surface area contributed by atoms with Gasteiger partial charge in [0.05, 0.1) is 18.6 Å². The molecule has 0 aliphatic carbocycles. The van der Waals surface area contributed by atoms with Gasteiger partial charge in [0.25, 0.3) is 5.91 Å². The fourth-order valence-corrected chi connectivity index (χ4v) is 5.98. The van der Waals surface area contributed by atoms with Gasteiger partial charge in [-0.3, -0.25) is 14.4 Å². The molecule has 2 saturated heterocycles. The Morgan fingerprint density at radius 3 is 2.51 bits per heavy atom. The van der Waals surface area contributed by atoms with E-state index in [2.05, 4.69) is 18.7 Å². The zero-order valence-corrected chi connectivity index (χ0v) is 20.0. The Hall–Kier alpha value is -3.17. The molecule has 2 fully saturated rings. The van der Waals surface area contributed by atoms with Crippen molar-refractivity contribution >= 4 is 29.2 Å². The monoisotopic (exact) mass is 481 g/mol. The molecule has 2 amide bonds. The Morgan fingerprint density at radius 2 is 1.83 bits per heavy atom. The highest BCUT2D eigenvalue weighted by atomic mass is 16.6. The molecule has 5 atom stereocenters. The van der Waals surface area contributed by atoms with Crippen LogP contribution in [0, 0.1) is 11.8 Å². The second kappa shape index (κ2) is 9.13. The molecule has 1 unspecified atom stereocenters. The third-order valence-corrected chi connectivity index (χ3v) is 7.54. The maximum Gasteiger partial charge on any atom is 0.313 e. The molecule has 4 aliphatic heterocycles. The molecule has 1 spiro atoms. The molecule has 0 aromatic heterocycles. The lowest BCUT2D eigenvalue weighted by Crippen LogP contribution is -2.55. The first-order valence-corrected chi connectivity index (χ1v) is 12.2. The summed E-state index contributed by atoms with van der Waals surface area (Å²) in [6, 6.07) is 6.78. The fourth-order valence-electron chi connectivity index (χ4n) is 5.98. The summed E-state index contributed by atoms with van der Waals surface area (Å²) < 4.78 is 11.7. The van der Waals surface area contributed by atoms with Crippen molar-refractivity contribution < 1.29 is 29.0 Å². The lowest BCUT2D eigenvalue weighted by Gasteiger charge is -2.35. The van der Waals surface area contributed by atoms with Gasteiger partial charge >= 0.3 is 5.97 Å². The molecule has 4 aliphatic rings. The second-order valence-corrected chi connectivity index (χ2v) is 9.20. The second-order valence-electron chi connectivity index (χ2n) is 9.20. The van der Waals surface area contributed by atoms with E-state index in [9.17, 15) is 19.5 Å². The number of hydrogen-bond acceptors (Lipinski definition) is 7. The summed E-state index contributed by atoms with van der Waals surface area (Å²) in [5.41, 5.74) is 0.463. The zero-order chi connectivity index (χ0) is 24.7. The predicted molar refractivity (Wildman–Crippen MR) is 129 cm³/mol. The lowest BCUT2D eigenvalue weighted by atomic mass is 9.78. The number of fused-ring (bicyclic) bond motifs is 2. The average Bonchev–Trinajstić information content (AvgIpc) is 3.15. The Morgan fingerprint density at radius 1 is 1.09 bits per heavy atom. The highest BCUT2D eigenvalue weighted by Crippen LogP contribution is 2.53. The predicted octanol–water partition coefficient (Wildman–Crippen LogP) is 1.12. The molecule has 1 N–H and O–H groups in total. The van der Waals surface area contributed by atoms with Crippen molar-refractivity contribution in [1.29, 1.82) is 0 Å². The maximum absolute atomic E-state index is 14.1. The molecule has 1 aromatic carbocycles. The third-order valence-electron chi connectivity index (χ3n) is 7.54. The van der Waals surface area contributed by atoms with Gasteiger partial charge < -0.3 is 29.3 Å². The number of rotatable bonds is 6. The van der Waals surface area contributed by atoms with Crippen molar-refractivity contribution in [2.24, 2.45) is 11.8 Å². The van der Waals surface area contributed by atoms with E-state index in [1.165, 1.54) is 4.90 Å². The van der Waals surface area contributed by atoms with Crippen LogP contribution in [0.15, 0.2) is 48.6 Å². The van der Waals surface area contributed by atoms with Crippen molar-refractivity contribution in [3.05, 3.63) is 48.6 Å². The van der Waals surface area contributed by atoms with Crippen LogP contribution in [0.2, 0.25) is 0 Å². The topological polar surface area (TPSA) is 99.6 Å². The van der Waals surface area contributed by atoms with E-state index in [1.54, 1.807) is 23.1 Å². The van der Waals surface area contributed by atoms with Gasteiger partial charge in [-0.15, -0.1) is 0 Å². The fraction of sp³-hybridized carbons (Fsp3) is 0.500. The van der Waals surface area contributed by atoms with E-state index >= 15 is 0 Å². The molecule has 9 nitrogen and oxygen atoms in total. The molecule has 0 saturated carbocycles. The minimum atomic E-state index is -1.31. The largest absolute Gasteiger partial charge is 0.461 e. The van der Waals surface area contributed by atoms with Crippen LogP contribution in [0.25, 0.3) is 0 Å². The number of hydrogen-bond donors (Lipinski definition) is 1. The number of ether oxygens (including phenoxy) is 2. The van der Waals surface area contributed by atoms with Gasteiger partial charge in [-0.05, 0) is 44.2 Å². The van der Waals surface area contributed by atoms with E-state index in [4.69, 9.17) is 9.47 Å². The summed E-state index contributed by atoms with van der Waals surface area (Å²) in [5, 5.41) is 9.71. The summed E-state index contributed by atoms with van der Waals surface area (Å²) in [7, 11) is 0. The Kier molecular flexibility index (Phi) is 6.14. The first kappa shape index (κ1) is 23.6. The van der Waals surface area contributed by atoms with Crippen molar-refractivity contribution in [2.75, 3.05) is 49.2 Å². The molecule has 0 bridgehead atoms. The van der Waals surface area contributed by atoms with Gasteiger partial charge in [0.15, 0.2) is 0 Å². The minimum absolute atomic E-state index is 0.0261. The third kappa shape index (κ3) is 3.56. The zero-order valence-electron chi connectivity index (χ0n) is 20.0. The van der Waals surface area contributed by atoms with Crippen LogP contribution < -0.4 is 9.80 Å². The molecule has 186 valence electrons. The van der Waals surface area contributed by atoms with Gasteiger partial charge in [0, 0.05) is 37.6 Å². The van der Waals surface area contributed by atoms with Crippen LogP contribution >= 0.6 is 0 Å². The van der Waals surface area contributed by atoms with E-state index in [0.717, 1.165) is 18.8 Å². The number of likely N-dealkylation sites (tertiary alicyclic amines) is 1. The van der Waals surface area contributed by atoms with Crippen LogP contribution in [0.4, 0.5) is 11.4 Å². The normalized spacial score (nSPS) is 31.6. The molecule has 9 heteroatoms. The van der Waals surface area contributed by atoms with Gasteiger partial charge in [-0.1, -0.05) is 18.2 Å². The summed E-state index contributed by atoms with van der Waals surface area (Å²) in [4.78, 5) is 45.7.